The lowest BCUT2D eigenvalue weighted by Gasteiger charge is -2.39. The molecule has 0 N–H and O–H groups in total. The van der Waals surface area contributed by atoms with Crippen molar-refractivity contribution in [2.45, 2.75) is 77.4 Å². The molecule has 0 aromatic heterocycles. The second kappa shape index (κ2) is 4.20. The van der Waals surface area contributed by atoms with Crippen LogP contribution in [0.4, 0.5) is 0 Å². The fourth-order valence-electron chi connectivity index (χ4n) is 2.68. The quantitative estimate of drug-likeness (QED) is 0.708. The minimum absolute atomic E-state index is 0.00178. The molecular weight excluding hydrogens is 230 g/mol. The van der Waals surface area contributed by atoms with Gasteiger partial charge in [0, 0.05) is 13.0 Å². The van der Waals surface area contributed by atoms with Crippen LogP contribution >= 0.6 is 0 Å². The highest BCUT2D eigenvalue weighted by Gasteiger charge is 2.54. The van der Waals surface area contributed by atoms with E-state index < -0.39 is 0 Å². The first-order chi connectivity index (χ1) is 8.07. The molecule has 0 aromatic rings. The van der Waals surface area contributed by atoms with Crippen LogP contribution in [-0.2, 0) is 14.3 Å². The van der Waals surface area contributed by atoms with Crippen molar-refractivity contribution in [2.75, 3.05) is 6.54 Å². The van der Waals surface area contributed by atoms with Crippen LogP contribution in [0.3, 0.4) is 0 Å². The summed E-state index contributed by atoms with van der Waals surface area (Å²) in [6.07, 6.45) is 0.590. The Bertz CT molecular complexity index is 340. The normalized spacial score (nSPS) is 32.4. The summed E-state index contributed by atoms with van der Waals surface area (Å²) >= 11 is 0. The number of carbonyl (C=O) groups is 1. The number of amides is 1. The third-order valence-corrected chi connectivity index (χ3v) is 3.22. The van der Waals surface area contributed by atoms with Crippen LogP contribution in [0.25, 0.3) is 0 Å². The van der Waals surface area contributed by atoms with E-state index in [4.69, 9.17) is 9.47 Å². The van der Waals surface area contributed by atoms with Gasteiger partial charge in [0.1, 0.15) is 12.2 Å². The van der Waals surface area contributed by atoms with Gasteiger partial charge in [0.2, 0.25) is 5.91 Å². The maximum atomic E-state index is 11.5. The van der Waals surface area contributed by atoms with E-state index in [0.29, 0.717) is 13.0 Å². The van der Waals surface area contributed by atoms with E-state index in [0.717, 1.165) is 0 Å². The molecule has 4 heteroatoms. The van der Waals surface area contributed by atoms with Gasteiger partial charge in [0.25, 0.3) is 0 Å². The lowest BCUT2D eigenvalue weighted by molar-refractivity contribution is -0.162. The summed E-state index contributed by atoms with van der Waals surface area (Å²) in [7, 11) is 0. The number of hydrogen-bond acceptors (Lipinski definition) is 3. The molecule has 2 heterocycles. The Morgan fingerprint density at radius 3 is 2.06 bits per heavy atom. The predicted octanol–water partition coefficient (Wildman–Crippen LogP) is 1.97. The third kappa shape index (κ3) is 2.86. The Labute approximate surface area is 110 Å². The molecule has 1 amide bonds. The lowest BCUT2D eigenvalue weighted by Crippen LogP contribution is -2.53. The average molecular weight is 255 g/mol. The number of carbonyl (C=O) groups excluding carboxylic acids is 1. The van der Waals surface area contributed by atoms with E-state index in [2.05, 4.69) is 0 Å². The van der Waals surface area contributed by atoms with Crippen LogP contribution in [0.5, 0.6) is 0 Å². The van der Waals surface area contributed by atoms with Gasteiger partial charge in [-0.2, -0.15) is 0 Å². The van der Waals surface area contributed by atoms with Crippen LogP contribution in [0.15, 0.2) is 0 Å². The first kappa shape index (κ1) is 13.8. The van der Waals surface area contributed by atoms with Crippen molar-refractivity contribution in [3.05, 3.63) is 0 Å². The first-order valence-electron chi connectivity index (χ1n) is 6.72. The molecule has 4 nitrogen and oxygen atoms in total. The van der Waals surface area contributed by atoms with Crippen molar-refractivity contribution in [3.8, 4) is 0 Å². The molecule has 0 unspecified atom stereocenters. The van der Waals surface area contributed by atoms with Gasteiger partial charge in [0.15, 0.2) is 0 Å². The van der Waals surface area contributed by atoms with Gasteiger partial charge in [-0.15, -0.1) is 0 Å². The van der Waals surface area contributed by atoms with Crippen LogP contribution in [0.2, 0.25) is 0 Å². The predicted molar refractivity (Wildman–Crippen MR) is 69.4 cm³/mol. The Kier molecular flexibility index (Phi) is 3.23. The van der Waals surface area contributed by atoms with Crippen LogP contribution < -0.4 is 0 Å². The minimum Gasteiger partial charge on any atom is -0.368 e. The summed E-state index contributed by atoms with van der Waals surface area (Å²) in [6, 6.07) is 0.212. The van der Waals surface area contributed by atoms with E-state index in [1.807, 2.05) is 46.4 Å². The van der Waals surface area contributed by atoms with Gasteiger partial charge >= 0.3 is 0 Å². The maximum Gasteiger partial charge on any atom is 0.225 e. The maximum absolute atomic E-state index is 11.5. The second-order valence-corrected chi connectivity index (χ2v) is 7.28. The summed E-state index contributed by atoms with van der Waals surface area (Å²) in [6.45, 7) is 12.9. The van der Waals surface area contributed by atoms with Gasteiger partial charge < -0.3 is 14.4 Å². The van der Waals surface area contributed by atoms with Crippen LogP contribution in [0.1, 0.15) is 48.0 Å². The number of rotatable bonds is 2. The summed E-state index contributed by atoms with van der Waals surface area (Å²) in [5.41, 5.74) is -0.420. The van der Waals surface area contributed by atoms with E-state index in [9.17, 15) is 4.79 Å². The first-order valence-corrected chi connectivity index (χ1v) is 6.72. The van der Waals surface area contributed by atoms with E-state index in [1.54, 1.807) is 0 Å². The van der Waals surface area contributed by atoms with Crippen molar-refractivity contribution in [1.82, 2.24) is 4.90 Å². The number of fused-ring (bicyclic) bond motifs is 1. The van der Waals surface area contributed by atoms with Gasteiger partial charge in [-0.25, -0.2) is 0 Å². The fourth-order valence-corrected chi connectivity index (χ4v) is 2.68. The average Bonchev–Trinajstić information content (AvgIpc) is 2.37. The number of nitrogens with zero attached hydrogens (tertiary/aromatic N) is 1. The van der Waals surface area contributed by atoms with E-state index in [-0.39, 0.29) is 35.4 Å². The molecule has 0 radical (unpaired) electrons. The zero-order chi connectivity index (χ0) is 13.7. The molecule has 18 heavy (non-hydrogen) atoms. The molecule has 2 fully saturated rings. The number of β-lactam (4-membered cyclic amide) rings is 1. The largest absolute Gasteiger partial charge is 0.368 e. The Morgan fingerprint density at radius 2 is 1.61 bits per heavy atom. The molecule has 2 aliphatic heterocycles. The monoisotopic (exact) mass is 255 g/mol. The molecule has 0 spiro atoms. The SMILES string of the molecule is CC(C)(C)O[C@@H]1[C@H]2CC(=O)N2C[C@H]1OC(C)(C)C. The van der Waals surface area contributed by atoms with Gasteiger partial charge in [-0.1, -0.05) is 0 Å². The zero-order valence-corrected chi connectivity index (χ0v) is 12.3. The molecule has 0 aliphatic carbocycles. The zero-order valence-electron chi connectivity index (χ0n) is 12.3. The number of hydrogen-bond donors (Lipinski definition) is 0. The van der Waals surface area contributed by atoms with E-state index >= 15 is 0 Å². The summed E-state index contributed by atoms with van der Waals surface area (Å²) in [5.74, 6) is 0.225. The molecule has 0 bridgehead atoms. The Hall–Kier alpha value is -0.610. The summed E-state index contributed by atoms with van der Waals surface area (Å²) < 4.78 is 12.2. The molecule has 104 valence electrons. The van der Waals surface area contributed by atoms with E-state index in [1.165, 1.54) is 0 Å². The highest BCUT2D eigenvalue weighted by atomic mass is 16.6. The van der Waals surface area contributed by atoms with Crippen molar-refractivity contribution in [1.29, 1.82) is 0 Å². The standard InChI is InChI=1S/C14H25NO3/c1-13(2,3)17-10-8-15-9(7-11(15)16)12(10)18-14(4,5)6/h9-10,12H,7-8H2,1-6H3/t9-,10-,12-/m1/s1. The molecule has 0 aromatic carbocycles. The van der Waals surface area contributed by atoms with Crippen molar-refractivity contribution in [3.63, 3.8) is 0 Å². The highest BCUT2D eigenvalue weighted by molar-refractivity contribution is 5.84. The lowest BCUT2D eigenvalue weighted by atomic mass is 9.99. The van der Waals surface area contributed by atoms with Crippen LogP contribution in [0, 0.1) is 0 Å². The molecule has 2 aliphatic rings. The number of ether oxygens (including phenoxy) is 2. The van der Waals surface area contributed by atoms with Crippen molar-refractivity contribution in [2.24, 2.45) is 0 Å². The minimum atomic E-state index is -0.210. The smallest absolute Gasteiger partial charge is 0.225 e. The fraction of sp³-hybridized carbons (Fsp3) is 0.929. The third-order valence-electron chi connectivity index (χ3n) is 3.22. The van der Waals surface area contributed by atoms with Gasteiger partial charge in [-0.3, -0.25) is 4.79 Å². The topological polar surface area (TPSA) is 38.8 Å². The Balaban J connectivity index is 2.09. The summed E-state index contributed by atoms with van der Waals surface area (Å²) in [4.78, 5) is 13.4. The molecule has 2 rings (SSSR count). The van der Waals surface area contributed by atoms with Crippen LogP contribution in [-0.4, -0.2) is 46.8 Å². The van der Waals surface area contributed by atoms with Gasteiger partial charge in [0.05, 0.1) is 17.2 Å². The molecule has 2 saturated heterocycles. The van der Waals surface area contributed by atoms with Gasteiger partial charge in [-0.05, 0) is 41.5 Å². The Morgan fingerprint density at radius 1 is 1.06 bits per heavy atom. The molecular formula is C14H25NO3. The van der Waals surface area contributed by atoms with Crippen molar-refractivity contribution < 1.29 is 14.3 Å². The van der Waals surface area contributed by atoms with Crippen molar-refractivity contribution >= 4 is 5.91 Å². The molecule has 0 saturated carbocycles. The summed E-state index contributed by atoms with van der Waals surface area (Å²) in [5, 5.41) is 0. The second-order valence-electron chi connectivity index (χ2n) is 7.28. The molecule has 3 atom stereocenters. The highest BCUT2D eigenvalue weighted by Crippen LogP contribution is 2.37.